The maximum atomic E-state index is 13.6. The Labute approximate surface area is 197 Å². The molecule has 8 nitrogen and oxygen atoms in total. The molecule has 0 aliphatic carbocycles. The van der Waals surface area contributed by atoms with Crippen LogP contribution in [0.3, 0.4) is 0 Å². The maximum absolute atomic E-state index is 13.6. The summed E-state index contributed by atoms with van der Waals surface area (Å²) in [7, 11) is -3.22. The van der Waals surface area contributed by atoms with E-state index in [1.807, 2.05) is 37.3 Å². The number of carbonyl (C=O) groups excluding carboxylic acids is 1. The molecule has 1 fully saturated rings. The van der Waals surface area contributed by atoms with Crippen molar-refractivity contribution in [2.45, 2.75) is 25.4 Å². The van der Waals surface area contributed by atoms with Crippen LogP contribution in [0, 0.1) is 6.92 Å². The van der Waals surface area contributed by atoms with Crippen LogP contribution in [-0.2, 0) is 9.84 Å². The lowest BCUT2D eigenvalue weighted by Crippen LogP contribution is -2.40. The summed E-state index contributed by atoms with van der Waals surface area (Å²) in [4.78, 5) is 15.2. The van der Waals surface area contributed by atoms with Gasteiger partial charge in [-0.05, 0) is 43.2 Å². The zero-order chi connectivity index (χ0) is 24.0. The first-order valence-corrected chi connectivity index (χ1v) is 12.9. The molecule has 2 N–H and O–H groups in total. The summed E-state index contributed by atoms with van der Waals surface area (Å²) >= 11 is 0. The largest absolute Gasteiger partial charge is 0.507 e. The van der Waals surface area contributed by atoms with E-state index in [1.54, 1.807) is 23.1 Å². The van der Waals surface area contributed by atoms with Gasteiger partial charge in [-0.25, -0.2) is 8.42 Å². The molecule has 2 atom stereocenters. The Morgan fingerprint density at radius 1 is 1.29 bits per heavy atom. The summed E-state index contributed by atoms with van der Waals surface area (Å²) < 4.78 is 30.3. The van der Waals surface area contributed by atoms with Crippen molar-refractivity contribution in [2.24, 2.45) is 0 Å². The smallest absolute Gasteiger partial charge is 0.273 e. The topological polar surface area (TPSA) is 113 Å². The summed E-state index contributed by atoms with van der Waals surface area (Å²) in [5.74, 6) is 0.334. The van der Waals surface area contributed by atoms with Gasteiger partial charge in [-0.1, -0.05) is 36.4 Å². The van der Waals surface area contributed by atoms with Crippen molar-refractivity contribution in [3.05, 3.63) is 77.5 Å². The molecule has 0 bridgehead atoms. The predicted molar refractivity (Wildman–Crippen MR) is 128 cm³/mol. The average molecular weight is 480 g/mol. The van der Waals surface area contributed by atoms with Crippen LogP contribution < -0.4 is 4.74 Å². The molecule has 9 heteroatoms. The van der Waals surface area contributed by atoms with E-state index in [0.717, 1.165) is 11.1 Å². The van der Waals surface area contributed by atoms with Crippen molar-refractivity contribution in [3.8, 4) is 22.8 Å². The van der Waals surface area contributed by atoms with E-state index in [0.29, 0.717) is 41.3 Å². The third-order valence-corrected chi connectivity index (χ3v) is 8.10. The third-order valence-electron chi connectivity index (χ3n) is 6.35. The van der Waals surface area contributed by atoms with Crippen molar-refractivity contribution in [1.29, 1.82) is 0 Å². The number of aromatic nitrogens is 2. The summed E-state index contributed by atoms with van der Waals surface area (Å²) in [5.41, 5.74) is 3.61. The fourth-order valence-corrected chi connectivity index (χ4v) is 6.55. The normalized spacial score (nSPS) is 21.0. The van der Waals surface area contributed by atoms with Crippen LogP contribution in [0.25, 0.3) is 11.3 Å². The van der Waals surface area contributed by atoms with Crippen molar-refractivity contribution >= 4 is 15.7 Å². The van der Waals surface area contributed by atoms with Gasteiger partial charge in [-0.3, -0.25) is 9.89 Å². The SMILES string of the molecule is C=CCOc1cccc(C2c3c(-c4cc(C)ccc4O)n[nH]c3C(=O)N2C2CCS(=O)(=O)C2)c1. The minimum Gasteiger partial charge on any atom is -0.507 e. The molecule has 176 valence electrons. The molecule has 34 heavy (non-hydrogen) atoms. The zero-order valence-electron chi connectivity index (χ0n) is 18.7. The number of amides is 1. The van der Waals surface area contributed by atoms with E-state index in [1.165, 1.54) is 0 Å². The van der Waals surface area contributed by atoms with Crippen molar-refractivity contribution < 1.29 is 23.1 Å². The first kappa shape index (κ1) is 22.2. The summed E-state index contributed by atoms with van der Waals surface area (Å²) in [6, 6.07) is 11.6. The number of rotatable bonds is 6. The van der Waals surface area contributed by atoms with E-state index in [9.17, 15) is 18.3 Å². The molecule has 2 unspecified atom stereocenters. The Bertz CT molecular complexity index is 1400. The molecule has 2 aromatic carbocycles. The number of aromatic hydroxyl groups is 1. The predicted octanol–water partition coefficient (Wildman–Crippen LogP) is 3.39. The molecule has 3 heterocycles. The lowest BCUT2D eigenvalue weighted by atomic mass is 9.94. The molecule has 0 spiro atoms. The number of hydrogen-bond donors (Lipinski definition) is 2. The summed E-state index contributed by atoms with van der Waals surface area (Å²) in [6.45, 7) is 5.92. The van der Waals surface area contributed by atoms with E-state index < -0.39 is 21.9 Å². The molecule has 2 aliphatic rings. The highest BCUT2D eigenvalue weighted by Crippen LogP contribution is 2.47. The molecule has 0 saturated carbocycles. The molecule has 5 rings (SSSR count). The highest BCUT2D eigenvalue weighted by Gasteiger charge is 2.48. The minimum atomic E-state index is -3.22. The first-order chi connectivity index (χ1) is 16.3. The van der Waals surface area contributed by atoms with E-state index in [2.05, 4.69) is 16.8 Å². The second kappa shape index (κ2) is 8.32. The van der Waals surface area contributed by atoms with Gasteiger partial charge >= 0.3 is 0 Å². The van der Waals surface area contributed by atoms with E-state index >= 15 is 0 Å². The lowest BCUT2D eigenvalue weighted by molar-refractivity contribution is 0.0677. The Kier molecular flexibility index (Phi) is 5.44. The van der Waals surface area contributed by atoms with Crippen molar-refractivity contribution in [1.82, 2.24) is 15.1 Å². The van der Waals surface area contributed by atoms with E-state index in [-0.39, 0.29) is 23.2 Å². The molecular weight excluding hydrogens is 454 g/mol. The van der Waals surface area contributed by atoms with E-state index in [4.69, 9.17) is 4.74 Å². The monoisotopic (exact) mass is 479 g/mol. The van der Waals surface area contributed by atoms with Gasteiger partial charge in [0.2, 0.25) is 0 Å². The van der Waals surface area contributed by atoms with Gasteiger partial charge in [0.05, 0.1) is 17.5 Å². The number of nitrogens with one attached hydrogen (secondary N) is 1. The van der Waals surface area contributed by atoms with Gasteiger partial charge < -0.3 is 14.7 Å². The number of sulfone groups is 1. The van der Waals surface area contributed by atoms with Crippen LogP contribution in [0.2, 0.25) is 0 Å². The van der Waals surface area contributed by atoms with Crippen LogP contribution in [0.15, 0.2) is 55.1 Å². The zero-order valence-corrected chi connectivity index (χ0v) is 19.5. The number of aryl methyl sites for hydroxylation is 1. The molecule has 0 radical (unpaired) electrons. The Hall–Kier alpha value is -3.59. The van der Waals surface area contributed by atoms with Gasteiger partial charge in [-0.2, -0.15) is 5.10 Å². The number of benzene rings is 2. The first-order valence-electron chi connectivity index (χ1n) is 11.0. The molecule has 2 aliphatic heterocycles. The third kappa shape index (κ3) is 3.75. The number of nitrogens with zero attached hydrogens (tertiary/aromatic N) is 2. The molecule has 3 aromatic rings. The highest BCUT2D eigenvalue weighted by molar-refractivity contribution is 7.91. The summed E-state index contributed by atoms with van der Waals surface area (Å²) in [6.07, 6.45) is 2.02. The number of H-pyrrole nitrogens is 1. The summed E-state index contributed by atoms with van der Waals surface area (Å²) in [5, 5.41) is 17.8. The number of fused-ring (bicyclic) bond motifs is 1. The number of hydrogen-bond acceptors (Lipinski definition) is 6. The van der Waals surface area contributed by atoms with Crippen LogP contribution in [0.5, 0.6) is 11.5 Å². The maximum Gasteiger partial charge on any atom is 0.273 e. The second-order valence-electron chi connectivity index (χ2n) is 8.73. The van der Waals surface area contributed by atoms with Gasteiger partial charge in [0.25, 0.3) is 5.91 Å². The second-order valence-corrected chi connectivity index (χ2v) is 11.0. The van der Waals surface area contributed by atoms with Crippen LogP contribution >= 0.6 is 0 Å². The fourth-order valence-electron chi connectivity index (χ4n) is 4.84. The molecular formula is C25H25N3O5S. The Balaban J connectivity index is 1.68. The molecule has 1 amide bonds. The quantitative estimate of drug-likeness (QED) is 0.524. The highest BCUT2D eigenvalue weighted by atomic mass is 32.2. The van der Waals surface area contributed by atoms with Crippen LogP contribution in [0.4, 0.5) is 0 Å². The lowest BCUT2D eigenvalue weighted by Gasteiger charge is -2.31. The number of aromatic amines is 1. The Morgan fingerprint density at radius 2 is 2.12 bits per heavy atom. The van der Waals surface area contributed by atoms with Crippen molar-refractivity contribution in [3.63, 3.8) is 0 Å². The van der Waals surface area contributed by atoms with Gasteiger partial charge in [0.1, 0.15) is 29.5 Å². The Morgan fingerprint density at radius 3 is 2.85 bits per heavy atom. The number of phenolic OH excluding ortho intramolecular Hbond substituents is 1. The van der Waals surface area contributed by atoms with Gasteiger partial charge in [0, 0.05) is 17.2 Å². The van der Waals surface area contributed by atoms with Crippen LogP contribution in [-0.4, -0.2) is 58.7 Å². The number of phenols is 1. The minimum absolute atomic E-state index is 0.0500. The van der Waals surface area contributed by atoms with Crippen molar-refractivity contribution in [2.75, 3.05) is 18.1 Å². The molecule has 1 aromatic heterocycles. The average Bonchev–Trinajstić information content (AvgIpc) is 3.47. The van der Waals surface area contributed by atoms with Gasteiger partial charge in [-0.15, -0.1) is 0 Å². The van der Waals surface area contributed by atoms with Gasteiger partial charge in [0.15, 0.2) is 9.84 Å². The number of carbonyl (C=O) groups is 1. The number of ether oxygens (including phenoxy) is 1. The standard InChI is InChI=1S/C25H25N3O5S/c1-3-10-33-18-6-4-5-16(13-18)24-21-22(19-12-15(2)7-8-20(19)29)26-27-23(21)25(30)28(24)17-9-11-34(31,32)14-17/h3-8,12-13,17,24,29H,1,9-11,14H2,2H3,(H,26,27). The fraction of sp³-hybridized carbons (Fsp3) is 0.280. The van der Waals surface area contributed by atoms with Crippen LogP contribution in [0.1, 0.15) is 39.6 Å². The molecule has 1 saturated heterocycles.